The lowest BCUT2D eigenvalue weighted by Crippen LogP contribution is -2.09. The smallest absolute Gasteiger partial charge is 0.399 e. The molecule has 0 heterocycles. The van der Waals surface area contributed by atoms with Gasteiger partial charge in [-0.25, -0.2) is 4.79 Å². The molecule has 2 aromatic carbocycles. The Morgan fingerprint density at radius 1 is 0.857 bits per heavy atom. The Labute approximate surface area is 165 Å². The van der Waals surface area contributed by atoms with Crippen LogP contribution >= 0.6 is 0 Å². The minimum atomic E-state index is -3.66. The molecule has 0 saturated heterocycles. The zero-order valence-electron chi connectivity index (χ0n) is 16.2. The first-order valence-electron chi connectivity index (χ1n) is 8.08. The van der Waals surface area contributed by atoms with Crippen molar-refractivity contribution in [3.8, 4) is 0 Å². The second-order valence-corrected chi connectivity index (χ2v) is 6.66. The molecule has 2 rings (SSSR count). The van der Waals surface area contributed by atoms with Crippen LogP contribution in [0.15, 0.2) is 60.7 Å². The van der Waals surface area contributed by atoms with E-state index in [1.54, 1.807) is 37.4 Å². The Bertz CT molecular complexity index is 753. The van der Waals surface area contributed by atoms with Crippen LogP contribution in [0.4, 0.5) is 0 Å². The van der Waals surface area contributed by atoms with Gasteiger partial charge in [0.05, 0.1) is 20.3 Å². The van der Waals surface area contributed by atoms with E-state index in [4.69, 9.17) is 14.9 Å². The minimum Gasteiger partial charge on any atom is -0.479 e. The highest BCUT2D eigenvalue weighted by atomic mass is 32.3. The summed E-state index contributed by atoms with van der Waals surface area (Å²) in [7, 11) is 0.116. The monoisotopic (exact) mass is 414 g/mol. The minimum absolute atomic E-state index is 0.209. The second-order valence-electron chi connectivity index (χ2n) is 5.18. The van der Waals surface area contributed by atoms with Crippen LogP contribution in [0.1, 0.15) is 30.3 Å². The third-order valence-corrected chi connectivity index (χ3v) is 4.20. The number of aliphatic carboxylic acids is 1. The molecule has 2 unspecified atom stereocenters. The summed E-state index contributed by atoms with van der Waals surface area (Å²) in [5.41, 5.74) is 1.63. The highest BCUT2D eigenvalue weighted by Crippen LogP contribution is 2.13. The lowest BCUT2D eigenvalue weighted by Gasteiger charge is -2.07. The van der Waals surface area contributed by atoms with Crippen LogP contribution in [0.5, 0.6) is 0 Å². The van der Waals surface area contributed by atoms with Crippen LogP contribution in [0.2, 0.25) is 0 Å². The summed E-state index contributed by atoms with van der Waals surface area (Å²) in [5, 5.41) is 17.4. The Morgan fingerprint density at radius 2 is 1.25 bits per heavy atom. The normalized spacial score (nSPS) is 12.5. The zero-order valence-corrected chi connectivity index (χ0v) is 17.0. The molecule has 2 aromatic rings. The number of benzene rings is 2. The van der Waals surface area contributed by atoms with E-state index in [1.807, 2.05) is 25.1 Å². The van der Waals surface area contributed by atoms with E-state index in [-0.39, 0.29) is 6.10 Å². The molecule has 28 heavy (non-hydrogen) atoms. The molecule has 156 valence electrons. The van der Waals surface area contributed by atoms with Crippen LogP contribution in [0.3, 0.4) is 0 Å². The Hall–Kier alpha value is -2.30. The lowest BCUT2D eigenvalue weighted by molar-refractivity contribution is -0.146. The molecule has 9 heteroatoms. The first-order valence-corrected chi connectivity index (χ1v) is 9.41. The number of hydrogen-bond donors (Lipinski definition) is 2. The van der Waals surface area contributed by atoms with E-state index in [0.717, 1.165) is 14.2 Å². The van der Waals surface area contributed by atoms with Crippen molar-refractivity contribution in [1.82, 2.24) is 0 Å². The summed E-state index contributed by atoms with van der Waals surface area (Å²) in [5.74, 6) is -1.23. The van der Waals surface area contributed by atoms with Crippen LogP contribution in [-0.2, 0) is 28.3 Å². The summed E-state index contributed by atoms with van der Waals surface area (Å²) < 4.78 is 32.7. The average molecular weight is 414 g/mol. The Kier molecular flexibility index (Phi) is 12.7. The summed E-state index contributed by atoms with van der Waals surface area (Å²) in [6, 6.07) is 18.4. The largest absolute Gasteiger partial charge is 0.479 e. The molecule has 0 bridgehead atoms. The fourth-order valence-electron chi connectivity index (χ4n) is 1.71. The topological polar surface area (TPSA) is 119 Å². The highest BCUT2D eigenvalue weighted by molar-refractivity contribution is 7.81. The Balaban J connectivity index is 0.000000402. The number of ether oxygens (including phenoxy) is 1. The maximum absolute atomic E-state index is 10.2. The van der Waals surface area contributed by atoms with E-state index in [9.17, 15) is 13.2 Å². The number of rotatable bonds is 6. The molecule has 0 spiro atoms. The molecule has 2 atom stereocenters. The Morgan fingerprint density at radius 3 is 1.54 bits per heavy atom. The van der Waals surface area contributed by atoms with Crippen LogP contribution in [0.25, 0.3) is 0 Å². The van der Waals surface area contributed by atoms with E-state index >= 15 is 0 Å². The van der Waals surface area contributed by atoms with Gasteiger partial charge in [0.1, 0.15) is 0 Å². The molecule has 0 saturated carbocycles. The van der Waals surface area contributed by atoms with Crippen molar-refractivity contribution < 1.29 is 36.5 Å². The molecule has 2 N–H and O–H groups in total. The number of carboxylic acid groups (broad SMARTS) is 1. The summed E-state index contributed by atoms with van der Waals surface area (Å²) in [4.78, 5) is 10.2. The number of aliphatic hydroxyl groups excluding tert-OH is 1. The maximum Gasteiger partial charge on any atom is 0.399 e. The van der Waals surface area contributed by atoms with Crippen molar-refractivity contribution in [2.24, 2.45) is 0 Å². The standard InChI is InChI=1S/C9H12O.C8H8O3.C2H6O4S/c1-8(10-2)9-6-4-3-5-7-9;9-7(8(10)11)6-4-2-1-3-5-6;1-5-7(3,4)6-2/h3-8H,1-2H3;1-5,7,9H,(H,10,11);1-2H3. The van der Waals surface area contributed by atoms with Crippen molar-refractivity contribution in [2.45, 2.75) is 19.1 Å². The predicted octanol–water partition coefficient (Wildman–Crippen LogP) is 2.72. The zero-order chi connectivity index (χ0) is 21.6. The second kappa shape index (κ2) is 13.8. The molecule has 0 amide bonds. The first kappa shape index (κ1) is 25.7. The fourth-order valence-corrected chi connectivity index (χ4v) is 1.84. The van der Waals surface area contributed by atoms with Crippen molar-refractivity contribution in [1.29, 1.82) is 0 Å². The SMILES string of the molecule is COC(C)c1ccccc1.COS(=O)(=O)OC.O=C(O)C(O)c1ccccc1. The molecular formula is C19H26O8S. The summed E-state index contributed by atoms with van der Waals surface area (Å²) in [6.07, 6.45) is -1.20. The molecule has 0 radical (unpaired) electrons. The van der Waals surface area contributed by atoms with Crippen LogP contribution in [0, 0.1) is 0 Å². The predicted molar refractivity (Wildman–Crippen MR) is 104 cm³/mol. The van der Waals surface area contributed by atoms with Gasteiger partial charge in [-0.3, -0.25) is 8.37 Å². The summed E-state index contributed by atoms with van der Waals surface area (Å²) >= 11 is 0. The van der Waals surface area contributed by atoms with Gasteiger partial charge in [0.2, 0.25) is 0 Å². The highest BCUT2D eigenvalue weighted by Gasteiger charge is 2.14. The van der Waals surface area contributed by atoms with Gasteiger partial charge in [-0.2, -0.15) is 8.42 Å². The lowest BCUT2D eigenvalue weighted by atomic mass is 10.1. The molecule has 0 aromatic heterocycles. The van der Waals surface area contributed by atoms with Gasteiger partial charge in [0.25, 0.3) is 0 Å². The third-order valence-electron chi connectivity index (χ3n) is 3.38. The number of carbonyl (C=O) groups is 1. The van der Waals surface area contributed by atoms with E-state index in [2.05, 4.69) is 20.5 Å². The molecule has 0 aliphatic carbocycles. The van der Waals surface area contributed by atoms with Crippen molar-refractivity contribution >= 4 is 16.4 Å². The van der Waals surface area contributed by atoms with Gasteiger partial charge in [-0.15, -0.1) is 0 Å². The van der Waals surface area contributed by atoms with E-state index in [0.29, 0.717) is 5.56 Å². The third kappa shape index (κ3) is 10.8. The number of aliphatic hydroxyl groups is 1. The molecule has 0 aliphatic rings. The molecular weight excluding hydrogens is 388 g/mol. The van der Waals surface area contributed by atoms with Gasteiger partial charge >= 0.3 is 16.4 Å². The molecule has 8 nitrogen and oxygen atoms in total. The number of methoxy groups -OCH3 is 1. The van der Waals surface area contributed by atoms with Crippen LogP contribution in [-0.4, -0.2) is 45.9 Å². The quantitative estimate of drug-likeness (QED) is 0.740. The summed E-state index contributed by atoms with van der Waals surface area (Å²) in [6.45, 7) is 2.04. The van der Waals surface area contributed by atoms with Gasteiger partial charge in [0, 0.05) is 7.11 Å². The van der Waals surface area contributed by atoms with E-state index < -0.39 is 22.5 Å². The van der Waals surface area contributed by atoms with Crippen molar-refractivity contribution in [3.63, 3.8) is 0 Å². The van der Waals surface area contributed by atoms with Crippen LogP contribution < -0.4 is 0 Å². The first-order chi connectivity index (χ1) is 13.2. The van der Waals surface area contributed by atoms with Gasteiger partial charge in [-0.1, -0.05) is 60.7 Å². The van der Waals surface area contributed by atoms with Crippen molar-refractivity contribution in [3.05, 3.63) is 71.8 Å². The van der Waals surface area contributed by atoms with E-state index in [1.165, 1.54) is 5.56 Å². The van der Waals surface area contributed by atoms with Gasteiger partial charge < -0.3 is 14.9 Å². The van der Waals surface area contributed by atoms with Gasteiger partial charge in [-0.05, 0) is 18.1 Å². The maximum atomic E-state index is 10.2. The average Bonchev–Trinajstić information content (AvgIpc) is 2.74. The molecule has 0 fully saturated rings. The molecule has 0 aliphatic heterocycles. The van der Waals surface area contributed by atoms with Crippen molar-refractivity contribution in [2.75, 3.05) is 21.3 Å². The number of hydrogen-bond acceptors (Lipinski definition) is 7. The number of carboxylic acids is 1. The van der Waals surface area contributed by atoms with Gasteiger partial charge in [0.15, 0.2) is 6.10 Å². The fraction of sp³-hybridized carbons (Fsp3) is 0.316.